The van der Waals surface area contributed by atoms with Gasteiger partial charge in [0.2, 0.25) is 0 Å². The van der Waals surface area contributed by atoms with Crippen LogP contribution in [0.15, 0.2) is 24.3 Å². The zero-order valence-electron chi connectivity index (χ0n) is 9.64. The normalized spacial score (nSPS) is 27.3. The minimum absolute atomic E-state index is 0.0323. The molecule has 1 aliphatic rings. The van der Waals surface area contributed by atoms with Gasteiger partial charge in [-0.2, -0.15) is 0 Å². The average molecular weight is 212 g/mol. The monoisotopic (exact) mass is 212 g/mol. The van der Waals surface area contributed by atoms with E-state index in [2.05, 4.69) is 0 Å². The average Bonchev–Trinajstić information content (AvgIpc) is 2.18. The number of hydrogen-bond acceptors (Lipinski definition) is 3. The molecule has 0 heterocycles. The van der Waals surface area contributed by atoms with Crippen molar-refractivity contribution in [2.45, 2.75) is 45.2 Å². The van der Waals surface area contributed by atoms with E-state index in [4.69, 9.17) is 9.47 Å². The summed E-state index contributed by atoms with van der Waals surface area (Å²) in [5.41, 5.74) is -1.03. The van der Waals surface area contributed by atoms with Crippen molar-refractivity contribution in [3.8, 4) is 0 Å². The standard InChI is InChI=1S/C12H20O3/c1-4-14-11(15-10(2)3)12(13)8-6-5-7-9-12/h5-8,10-11,13H,4,9H2,1-3H3. The summed E-state index contributed by atoms with van der Waals surface area (Å²) < 4.78 is 11.0. The first-order valence-electron chi connectivity index (χ1n) is 5.42. The molecule has 15 heavy (non-hydrogen) atoms. The van der Waals surface area contributed by atoms with Crippen molar-refractivity contribution in [1.82, 2.24) is 0 Å². The molecule has 0 aromatic rings. The van der Waals surface area contributed by atoms with Crippen LogP contribution in [0.4, 0.5) is 0 Å². The minimum Gasteiger partial charge on any atom is -0.380 e. The molecule has 0 amide bonds. The number of aliphatic hydroxyl groups is 1. The molecule has 86 valence electrons. The van der Waals surface area contributed by atoms with Crippen LogP contribution in [0.1, 0.15) is 27.2 Å². The maximum atomic E-state index is 10.3. The number of ether oxygens (including phenoxy) is 2. The SMILES string of the molecule is CCOC(OC(C)C)C1(O)C=CC=CC1. The lowest BCUT2D eigenvalue weighted by atomic mass is 9.94. The molecule has 1 rings (SSSR count). The Morgan fingerprint density at radius 3 is 2.60 bits per heavy atom. The Kier molecular flexibility index (Phi) is 4.51. The smallest absolute Gasteiger partial charge is 0.190 e. The molecule has 1 aliphatic carbocycles. The number of rotatable bonds is 5. The van der Waals surface area contributed by atoms with Gasteiger partial charge in [-0.1, -0.05) is 18.2 Å². The van der Waals surface area contributed by atoms with Crippen LogP contribution in [0.2, 0.25) is 0 Å². The van der Waals surface area contributed by atoms with Gasteiger partial charge in [-0.05, 0) is 26.8 Å². The van der Waals surface area contributed by atoms with Gasteiger partial charge in [0.1, 0.15) is 5.60 Å². The van der Waals surface area contributed by atoms with Gasteiger partial charge in [0.05, 0.1) is 6.10 Å². The summed E-state index contributed by atoms with van der Waals surface area (Å²) in [5.74, 6) is 0. The molecule has 0 bridgehead atoms. The van der Waals surface area contributed by atoms with Gasteiger partial charge in [-0.25, -0.2) is 0 Å². The maximum Gasteiger partial charge on any atom is 0.190 e. The molecule has 3 nitrogen and oxygen atoms in total. The third-order valence-corrected chi connectivity index (χ3v) is 2.20. The predicted molar refractivity (Wildman–Crippen MR) is 59.5 cm³/mol. The van der Waals surface area contributed by atoms with Crippen LogP contribution >= 0.6 is 0 Å². The van der Waals surface area contributed by atoms with E-state index in [1.54, 1.807) is 6.08 Å². The molecule has 0 aliphatic heterocycles. The van der Waals surface area contributed by atoms with Gasteiger partial charge >= 0.3 is 0 Å². The zero-order chi connectivity index (χ0) is 11.3. The van der Waals surface area contributed by atoms with E-state index in [0.717, 1.165) is 0 Å². The Balaban J connectivity index is 2.69. The van der Waals surface area contributed by atoms with E-state index in [1.165, 1.54) is 0 Å². The second-order valence-corrected chi connectivity index (χ2v) is 3.95. The first kappa shape index (κ1) is 12.4. The Bertz CT molecular complexity index is 245. The maximum absolute atomic E-state index is 10.3. The highest BCUT2D eigenvalue weighted by molar-refractivity contribution is 5.19. The number of hydrogen-bond donors (Lipinski definition) is 1. The summed E-state index contributed by atoms with van der Waals surface area (Å²) in [6, 6.07) is 0. The van der Waals surface area contributed by atoms with E-state index < -0.39 is 11.9 Å². The lowest BCUT2D eigenvalue weighted by Crippen LogP contribution is -2.45. The third-order valence-electron chi connectivity index (χ3n) is 2.20. The molecule has 2 atom stereocenters. The Morgan fingerprint density at radius 2 is 2.13 bits per heavy atom. The fourth-order valence-electron chi connectivity index (χ4n) is 1.50. The van der Waals surface area contributed by atoms with Crippen LogP contribution in [-0.4, -0.2) is 29.7 Å². The van der Waals surface area contributed by atoms with Crippen LogP contribution in [0, 0.1) is 0 Å². The highest BCUT2D eigenvalue weighted by atomic mass is 16.7. The molecular weight excluding hydrogens is 192 g/mol. The van der Waals surface area contributed by atoms with E-state index in [9.17, 15) is 5.11 Å². The largest absolute Gasteiger partial charge is 0.380 e. The fourth-order valence-corrected chi connectivity index (χ4v) is 1.50. The summed E-state index contributed by atoms with van der Waals surface area (Å²) >= 11 is 0. The van der Waals surface area contributed by atoms with Gasteiger partial charge in [0.15, 0.2) is 6.29 Å². The van der Waals surface area contributed by atoms with Crippen molar-refractivity contribution in [2.24, 2.45) is 0 Å². The van der Waals surface area contributed by atoms with E-state index in [0.29, 0.717) is 13.0 Å². The predicted octanol–water partition coefficient (Wildman–Crippen LogP) is 2.02. The molecule has 1 N–H and O–H groups in total. The molecular formula is C12H20O3. The molecule has 2 unspecified atom stereocenters. The number of allylic oxidation sites excluding steroid dienone is 2. The van der Waals surface area contributed by atoms with Crippen molar-refractivity contribution in [3.63, 3.8) is 0 Å². The van der Waals surface area contributed by atoms with Crippen LogP contribution < -0.4 is 0 Å². The Labute approximate surface area is 91.4 Å². The molecule has 0 saturated heterocycles. The van der Waals surface area contributed by atoms with Gasteiger partial charge in [0, 0.05) is 13.0 Å². The molecule has 0 spiro atoms. The summed E-state index contributed by atoms with van der Waals surface area (Å²) in [5, 5.41) is 10.3. The van der Waals surface area contributed by atoms with Crippen LogP contribution in [-0.2, 0) is 9.47 Å². The summed E-state index contributed by atoms with van der Waals surface area (Å²) in [7, 11) is 0. The van der Waals surface area contributed by atoms with Gasteiger partial charge < -0.3 is 14.6 Å². The van der Waals surface area contributed by atoms with Crippen molar-refractivity contribution in [1.29, 1.82) is 0 Å². The molecule has 0 fully saturated rings. The highest BCUT2D eigenvalue weighted by Gasteiger charge is 2.36. The molecule has 0 aromatic heterocycles. The van der Waals surface area contributed by atoms with E-state index in [1.807, 2.05) is 39.0 Å². The summed E-state index contributed by atoms with van der Waals surface area (Å²) in [6.07, 6.45) is 7.34. The fraction of sp³-hybridized carbons (Fsp3) is 0.667. The van der Waals surface area contributed by atoms with Gasteiger partial charge in [-0.15, -0.1) is 0 Å². The molecule has 0 aromatic carbocycles. The highest BCUT2D eigenvalue weighted by Crippen LogP contribution is 2.25. The van der Waals surface area contributed by atoms with Crippen LogP contribution in [0.5, 0.6) is 0 Å². The molecule has 3 heteroatoms. The third kappa shape index (κ3) is 3.45. The van der Waals surface area contributed by atoms with Crippen molar-refractivity contribution in [2.75, 3.05) is 6.61 Å². The van der Waals surface area contributed by atoms with Crippen LogP contribution in [0.25, 0.3) is 0 Å². The summed E-state index contributed by atoms with van der Waals surface area (Å²) in [4.78, 5) is 0. The zero-order valence-corrected chi connectivity index (χ0v) is 9.64. The first-order chi connectivity index (χ1) is 7.08. The second-order valence-electron chi connectivity index (χ2n) is 3.95. The van der Waals surface area contributed by atoms with Crippen molar-refractivity contribution in [3.05, 3.63) is 24.3 Å². The lowest BCUT2D eigenvalue weighted by Gasteiger charge is -2.34. The topological polar surface area (TPSA) is 38.7 Å². The Hall–Kier alpha value is -0.640. The van der Waals surface area contributed by atoms with Crippen molar-refractivity contribution >= 4 is 0 Å². The van der Waals surface area contributed by atoms with E-state index >= 15 is 0 Å². The van der Waals surface area contributed by atoms with Gasteiger partial charge in [-0.3, -0.25) is 0 Å². The molecule has 0 saturated carbocycles. The molecule has 0 radical (unpaired) electrons. The van der Waals surface area contributed by atoms with Gasteiger partial charge in [0.25, 0.3) is 0 Å². The Morgan fingerprint density at radius 1 is 1.40 bits per heavy atom. The minimum atomic E-state index is -1.03. The van der Waals surface area contributed by atoms with Crippen LogP contribution in [0.3, 0.4) is 0 Å². The quantitative estimate of drug-likeness (QED) is 0.709. The van der Waals surface area contributed by atoms with Crippen molar-refractivity contribution < 1.29 is 14.6 Å². The van der Waals surface area contributed by atoms with E-state index in [-0.39, 0.29) is 6.10 Å². The first-order valence-corrected chi connectivity index (χ1v) is 5.42. The second kappa shape index (κ2) is 5.45. The summed E-state index contributed by atoms with van der Waals surface area (Å²) in [6.45, 7) is 6.27. The lowest BCUT2D eigenvalue weighted by molar-refractivity contribution is -0.233.